The van der Waals surface area contributed by atoms with E-state index in [1.807, 2.05) is 12.1 Å². The quantitative estimate of drug-likeness (QED) is 0.893. The molecule has 6 heteroatoms. The fourth-order valence-electron chi connectivity index (χ4n) is 3.08. The normalized spacial score (nSPS) is 30.3. The number of hydrogen-bond acceptors (Lipinski definition) is 4. The molecule has 3 atom stereocenters. The molecule has 0 bridgehead atoms. The van der Waals surface area contributed by atoms with Gasteiger partial charge in [-0.15, -0.1) is 0 Å². The standard InChI is InChI=1S/C13H18ClNO3S/c1-18-8-13(7-15)11(12(13)19(2,16)17)9-4-3-5-10(14)6-9/h3-6,11-12H,7-8,15H2,1-2H3/t11-,12+,13-/m1/s1. The predicted molar refractivity (Wildman–Crippen MR) is 76.2 cm³/mol. The maximum absolute atomic E-state index is 12.0. The fraction of sp³-hybridized carbons (Fsp3) is 0.538. The highest BCUT2D eigenvalue weighted by Crippen LogP contribution is 2.62. The maximum atomic E-state index is 12.0. The number of rotatable bonds is 5. The molecule has 106 valence electrons. The molecule has 0 aliphatic heterocycles. The number of benzene rings is 1. The lowest BCUT2D eigenvalue weighted by atomic mass is 10.00. The van der Waals surface area contributed by atoms with E-state index in [0.717, 1.165) is 5.56 Å². The highest BCUT2D eigenvalue weighted by molar-refractivity contribution is 7.91. The molecule has 1 fully saturated rings. The van der Waals surface area contributed by atoms with Gasteiger partial charge in [0.25, 0.3) is 0 Å². The van der Waals surface area contributed by atoms with Gasteiger partial charge in [0.1, 0.15) is 0 Å². The average molecular weight is 304 g/mol. The summed E-state index contributed by atoms with van der Waals surface area (Å²) < 4.78 is 29.1. The lowest BCUT2D eigenvalue weighted by Gasteiger charge is -2.14. The van der Waals surface area contributed by atoms with E-state index in [2.05, 4.69) is 0 Å². The van der Waals surface area contributed by atoms with Gasteiger partial charge in [0, 0.05) is 36.3 Å². The Bertz CT molecular complexity index is 575. The molecule has 1 aliphatic rings. The van der Waals surface area contributed by atoms with Crippen molar-refractivity contribution in [3.05, 3.63) is 34.9 Å². The number of sulfone groups is 1. The van der Waals surface area contributed by atoms with Crippen molar-refractivity contribution in [1.82, 2.24) is 0 Å². The molecule has 2 N–H and O–H groups in total. The smallest absolute Gasteiger partial charge is 0.151 e. The minimum absolute atomic E-state index is 0.147. The summed E-state index contributed by atoms with van der Waals surface area (Å²) in [6.45, 7) is 0.605. The van der Waals surface area contributed by atoms with Gasteiger partial charge in [0.15, 0.2) is 9.84 Å². The average Bonchev–Trinajstić information content (AvgIpc) is 2.99. The van der Waals surface area contributed by atoms with Gasteiger partial charge in [-0.3, -0.25) is 0 Å². The maximum Gasteiger partial charge on any atom is 0.151 e. The Morgan fingerprint density at radius 1 is 1.47 bits per heavy atom. The van der Waals surface area contributed by atoms with E-state index in [0.29, 0.717) is 11.6 Å². The molecule has 0 radical (unpaired) electrons. The fourth-order valence-corrected chi connectivity index (χ4v) is 5.28. The zero-order valence-corrected chi connectivity index (χ0v) is 12.5. The van der Waals surface area contributed by atoms with Gasteiger partial charge in [0.05, 0.1) is 11.9 Å². The molecule has 0 spiro atoms. The molecule has 19 heavy (non-hydrogen) atoms. The first kappa shape index (κ1) is 14.8. The lowest BCUT2D eigenvalue weighted by Crippen LogP contribution is -2.28. The number of nitrogens with two attached hydrogens (primary N) is 1. The summed E-state index contributed by atoms with van der Waals surface area (Å²) in [7, 11) is -1.63. The second-order valence-corrected chi connectivity index (χ2v) is 7.76. The second-order valence-electron chi connectivity index (χ2n) is 5.15. The van der Waals surface area contributed by atoms with Crippen molar-refractivity contribution in [2.24, 2.45) is 11.1 Å². The molecule has 1 aromatic rings. The Morgan fingerprint density at radius 2 is 2.16 bits per heavy atom. The van der Waals surface area contributed by atoms with Gasteiger partial charge in [-0.05, 0) is 17.7 Å². The summed E-state index contributed by atoms with van der Waals surface area (Å²) in [5, 5.41) is 0.100. The molecule has 0 aromatic heterocycles. The number of ether oxygens (including phenoxy) is 1. The van der Waals surface area contributed by atoms with Gasteiger partial charge in [-0.2, -0.15) is 0 Å². The zero-order chi connectivity index (χ0) is 14.3. The van der Waals surface area contributed by atoms with Crippen LogP contribution in [0.5, 0.6) is 0 Å². The highest BCUT2D eigenvalue weighted by atomic mass is 35.5. The van der Waals surface area contributed by atoms with Crippen LogP contribution in [-0.4, -0.2) is 40.2 Å². The molecule has 4 nitrogen and oxygen atoms in total. The van der Waals surface area contributed by atoms with Gasteiger partial charge < -0.3 is 10.5 Å². The lowest BCUT2D eigenvalue weighted by molar-refractivity contribution is 0.142. The van der Waals surface area contributed by atoms with Crippen LogP contribution < -0.4 is 5.73 Å². The topological polar surface area (TPSA) is 69.4 Å². The van der Waals surface area contributed by atoms with Gasteiger partial charge in [-0.25, -0.2) is 8.42 Å². The summed E-state index contributed by atoms with van der Waals surface area (Å²) in [4.78, 5) is 0. The molecule has 0 unspecified atom stereocenters. The van der Waals surface area contributed by atoms with Crippen LogP contribution in [0.15, 0.2) is 24.3 Å². The van der Waals surface area contributed by atoms with E-state index >= 15 is 0 Å². The summed E-state index contributed by atoms with van der Waals surface area (Å²) in [5.41, 5.74) is 6.20. The third-order valence-corrected chi connectivity index (χ3v) is 5.74. The summed E-state index contributed by atoms with van der Waals surface area (Å²) in [6.07, 6.45) is 1.25. The minimum atomic E-state index is -3.18. The SMILES string of the molecule is COC[C@]1(CN)[C@H](c2cccc(Cl)c2)[C@@H]1S(C)(=O)=O. The Morgan fingerprint density at radius 3 is 2.63 bits per heavy atom. The first-order valence-corrected chi connectivity index (χ1v) is 8.33. The summed E-state index contributed by atoms with van der Waals surface area (Å²) in [5.74, 6) is -0.147. The highest BCUT2D eigenvalue weighted by Gasteiger charge is 2.69. The van der Waals surface area contributed by atoms with Crippen LogP contribution in [0.1, 0.15) is 11.5 Å². The number of methoxy groups -OCH3 is 1. The van der Waals surface area contributed by atoms with Crippen LogP contribution in [0.25, 0.3) is 0 Å². The zero-order valence-electron chi connectivity index (χ0n) is 11.0. The minimum Gasteiger partial charge on any atom is -0.384 e. The van der Waals surface area contributed by atoms with Crippen molar-refractivity contribution in [2.45, 2.75) is 11.2 Å². The van der Waals surface area contributed by atoms with Crippen molar-refractivity contribution in [2.75, 3.05) is 26.5 Å². The van der Waals surface area contributed by atoms with Crippen molar-refractivity contribution >= 4 is 21.4 Å². The molecule has 1 aliphatic carbocycles. The molecule has 0 saturated heterocycles. The molecule has 2 rings (SSSR count). The van der Waals surface area contributed by atoms with Crippen LogP contribution in [0.3, 0.4) is 0 Å². The van der Waals surface area contributed by atoms with Crippen LogP contribution in [0.2, 0.25) is 5.02 Å². The second kappa shape index (κ2) is 5.05. The van der Waals surface area contributed by atoms with E-state index in [1.54, 1.807) is 19.2 Å². The van der Waals surface area contributed by atoms with Crippen LogP contribution in [0.4, 0.5) is 0 Å². The molecular weight excluding hydrogens is 286 g/mol. The number of halogens is 1. The van der Waals surface area contributed by atoms with Crippen LogP contribution in [-0.2, 0) is 14.6 Å². The third kappa shape index (κ3) is 2.52. The summed E-state index contributed by atoms with van der Waals surface area (Å²) >= 11 is 5.98. The van der Waals surface area contributed by atoms with E-state index in [9.17, 15) is 8.42 Å². The Kier molecular flexibility index (Phi) is 3.93. The van der Waals surface area contributed by atoms with E-state index in [-0.39, 0.29) is 12.5 Å². The van der Waals surface area contributed by atoms with Crippen molar-refractivity contribution in [3.8, 4) is 0 Å². The Labute approximate surface area is 118 Å². The van der Waals surface area contributed by atoms with Crippen molar-refractivity contribution < 1.29 is 13.2 Å². The monoisotopic (exact) mass is 303 g/mol. The molecular formula is C13H18ClNO3S. The van der Waals surface area contributed by atoms with Crippen molar-refractivity contribution in [3.63, 3.8) is 0 Å². The van der Waals surface area contributed by atoms with Crippen molar-refractivity contribution in [1.29, 1.82) is 0 Å². The molecule has 1 aromatic carbocycles. The van der Waals surface area contributed by atoms with Gasteiger partial charge >= 0.3 is 0 Å². The summed E-state index contributed by atoms with van der Waals surface area (Å²) in [6, 6.07) is 7.28. The molecule has 0 heterocycles. The first-order valence-electron chi connectivity index (χ1n) is 6.00. The van der Waals surface area contributed by atoms with Crippen LogP contribution in [0, 0.1) is 5.41 Å². The van der Waals surface area contributed by atoms with E-state index < -0.39 is 20.5 Å². The largest absolute Gasteiger partial charge is 0.384 e. The van der Waals surface area contributed by atoms with Gasteiger partial charge in [-0.1, -0.05) is 23.7 Å². The van der Waals surface area contributed by atoms with Gasteiger partial charge in [0.2, 0.25) is 0 Å². The predicted octanol–water partition coefficient (Wildman–Crippen LogP) is 1.44. The number of hydrogen-bond donors (Lipinski definition) is 1. The molecule has 0 amide bonds. The Hall–Kier alpha value is -0.620. The van der Waals surface area contributed by atoms with E-state index in [4.69, 9.17) is 22.1 Å². The third-order valence-electron chi connectivity index (χ3n) is 3.84. The molecule has 1 saturated carbocycles. The van der Waals surface area contributed by atoms with Crippen LogP contribution >= 0.6 is 11.6 Å². The van der Waals surface area contributed by atoms with E-state index in [1.165, 1.54) is 6.26 Å². The Balaban J connectivity index is 2.44. The first-order chi connectivity index (χ1) is 8.86.